The van der Waals surface area contributed by atoms with Crippen molar-refractivity contribution in [3.05, 3.63) is 108 Å². The van der Waals surface area contributed by atoms with Crippen molar-refractivity contribution in [2.24, 2.45) is 11.5 Å². The number of carbonyl (C=O) groups excluding carboxylic acids is 2. The summed E-state index contributed by atoms with van der Waals surface area (Å²) in [7, 11) is 0. The summed E-state index contributed by atoms with van der Waals surface area (Å²) in [5, 5.41) is 4.55. The molecular weight excluding hydrogens is 396 g/mol. The Hall–Kier alpha value is -4.44. The molecule has 0 spiro atoms. The van der Waals surface area contributed by atoms with E-state index >= 15 is 0 Å². The minimum atomic E-state index is -0.456. The van der Waals surface area contributed by atoms with Gasteiger partial charge < -0.3 is 11.5 Å². The molecule has 0 atom stereocenters. The molecule has 2 amide bonds. The van der Waals surface area contributed by atoms with Crippen molar-refractivity contribution >= 4 is 33.4 Å². The minimum absolute atomic E-state index is 0.455. The number of hydrogen-bond acceptors (Lipinski definition) is 2. The van der Waals surface area contributed by atoms with E-state index in [-0.39, 0.29) is 0 Å². The van der Waals surface area contributed by atoms with Gasteiger partial charge in [-0.1, -0.05) is 60.7 Å². The van der Waals surface area contributed by atoms with Crippen molar-refractivity contribution in [2.75, 3.05) is 0 Å². The highest BCUT2D eigenvalue weighted by atomic mass is 16.1. The molecule has 4 N–H and O–H groups in total. The molecule has 0 heterocycles. The van der Waals surface area contributed by atoms with Crippen LogP contribution in [0.3, 0.4) is 0 Å². The largest absolute Gasteiger partial charge is 0.366 e. The van der Waals surface area contributed by atoms with Crippen LogP contribution in [0.15, 0.2) is 97.1 Å². The maximum atomic E-state index is 11.6. The van der Waals surface area contributed by atoms with Crippen LogP contribution in [0.2, 0.25) is 0 Å². The maximum Gasteiger partial charge on any atom is 0.248 e. The third-order valence-electron chi connectivity index (χ3n) is 5.82. The molecule has 0 aliphatic rings. The third-order valence-corrected chi connectivity index (χ3v) is 5.82. The van der Waals surface area contributed by atoms with Crippen LogP contribution in [0.1, 0.15) is 20.7 Å². The molecule has 0 aliphatic carbocycles. The van der Waals surface area contributed by atoms with E-state index in [2.05, 4.69) is 36.4 Å². The zero-order chi connectivity index (χ0) is 22.2. The van der Waals surface area contributed by atoms with Crippen LogP contribution in [0.25, 0.3) is 43.8 Å². The van der Waals surface area contributed by atoms with Gasteiger partial charge in [-0.25, -0.2) is 0 Å². The molecule has 0 aromatic heterocycles. The molecule has 0 unspecified atom stereocenters. The zero-order valence-corrected chi connectivity index (χ0v) is 17.2. The van der Waals surface area contributed by atoms with Crippen molar-refractivity contribution in [2.45, 2.75) is 0 Å². The van der Waals surface area contributed by atoms with Crippen LogP contribution in [-0.2, 0) is 0 Å². The number of benzene rings is 5. The van der Waals surface area contributed by atoms with Gasteiger partial charge in [0.15, 0.2) is 0 Å². The number of primary amides is 2. The van der Waals surface area contributed by atoms with Gasteiger partial charge in [-0.3, -0.25) is 9.59 Å². The fourth-order valence-corrected chi connectivity index (χ4v) is 4.18. The standard InChI is InChI=1S/C28H20N2O2/c29-27(31)19-9-5-17(6-10-19)24-14-13-23-15-21-3-1-2-4-22(21)16-25(23)26(24)18-7-11-20(12-8-18)28(30)32/h1-16H,(H2,29,31)(H2,30,32). The van der Waals surface area contributed by atoms with Gasteiger partial charge in [-0.15, -0.1) is 0 Å². The van der Waals surface area contributed by atoms with Crippen molar-refractivity contribution < 1.29 is 9.59 Å². The first-order valence-electron chi connectivity index (χ1n) is 10.3. The minimum Gasteiger partial charge on any atom is -0.366 e. The summed E-state index contributed by atoms with van der Waals surface area (Å²) in [5.41, 5.74) is 15.8. The Kier molecular flexibility index (Phi) is 4.68. The van der Waals surface area contributed by atoms with Crippen LogP contribution in [-0.4, -0.2) is 11.8 Å². The number of amides is 2. The molecule has 0 fully saturated rings. The molecule has 0 saturated carbocycles. The van der Waals surface area contributed by atoms with Gasteiger partial charge in [0.05, 0.1) is 0 Å². The van der Waals surface area contributed by atoms with Crippen molar-refractivity contribution in [3.63, 3.8) is 0 Å². The Labute approximate surface area is 185 Å². The maximum absolute atomic E-state index is 11.6. The molecule has 154 valence electrons. The van der Waals surface area contributed by atoms with E-state index in [9.17, 15) is 9.59 Å². The van der Waals surface area contributed by atoms with Gasteiger partial charge in [0, 0.05) is 11.1 Å². The highest BCUT2D eigenvalue weighted by Gasteiger charge is 2.14. The first kappa shape index (κ1) is 19.5. The average molecular weight is 416 g/mol. The summed E-state index contributed by atoms with van der Waals surface area (Å²) < 4.78 is 0. The summed E-state index contributed by atoms with van der Waals surface area (Å²) in [4.78, 5) is 23.1. The number of rotatable bonds is 4. The number of hydrogen-bond donors (Lipinski definition) is 2. The first-order valence-corrected chi connectivity index (χ1v) is 10.3. The summed E-state index contributed by atoms with van der Waals surface area (Å²) in [5.74, 6) is -0.911. The molecule has 4 nitrogen and oxygen atoms in total. The highest BCUT2D eigenvalue weighted by molar-refractivity contribution is 6.09. The average Bonchev–Trinajstić information content (AvgIpc) is 2.82. The molecule has 5 aromatic carbocycles. The Balaban J connectivity index is 1.80. The quantitative estimate of drug-likeness (QED) is 0.378. The Morgan fingerprint density at radius 2 is 1.06 bits per heavy atom. The Morgan fingerprint density at radius 3 is 1.62 bits per heavy atom. The van der Waals surface area contributed by atoms with Gasteiger partial charge in [0.2, 0.25) is 11.8 Å². The van der Waals surface area contributed by atoms with Crippen LogP contribution < -0.4 is 11.5 Å². The van der Waals surface area contributed by atoms with Crippen LogP contribution in [0.4, 0.5) is 0 Å². The Morgan fingerprint density at radius 1 is 0.531 bits per heavy atom. The molecule has 4 heteroatoms. The summed E-state index contributed by atoms with van der Waals surface area (Å²) in [6.07, 6.45) is 0. The molecule has 5 rings (SSSR count). The summed E-state index contributed by atoms with van der Waals surface area (Å²) >= 11 is 0. The monoisotopic (exact) mass is 416 g/mol. The lowest BCUT2D eigenvalue weighted by Crippen LogP contribution is -2.10. The van der Waals surface area contributed by atoms with E-state index < -0.39 is 11.8 Å². The van der Waals surface area contributed by atoms with Gasteiger partial charge >= 0.3 is 0 Å². The van der Waals surface area contributed by atoms with Crippen molar-refractivity contribution in [3.8, 4) is 22.3 Å². The third kappa shape index (κ3) is 3.38. The fraction of sp³-hybridized carbons (Fsp3) is 0. The smallest absolute Gasteiger partial charge is 0.248 e. The predicted octanol–water partition coefficient (Wildman–Crippen LogP) is 5.52. The SMILES string of the molecule is NC(=O)c1ccc(-c2ccc3cc4ccccc4cc3c2-c2ccc(C(N)=O)cc2)cc1. The topological polar surface area (TPSA) is 86.2 Å². The molecule has 5 aromatic rings. The normalized spacial score (nSPS) is 11.0. The van der Waals surface area contributed by atoms with E-state index in [4.69, 9.17) is 11.5 Å². The lowest BCUT2D eigenvalue weighted by atomic mass is 9.88. The van der Waals surface area contributed by atoms with E-state index in [1.165, 1.54) is 5.39 Å². The predicted molar refractivity (Wildman–Crippen MR) is 129 cm³/mol. The molecule has 0 radical (unpaired) electrons. The summed E-state index contributed by atoms with van der Waals surface area (Å²) in [6.45, 7) is 0. The van der Waals surface area contributed by atoms with E-state index in [1.54, 1.807) is 24.3 Å². The van der Waals surface area contributed by atoms with Gasteiger partial charge in [0.1, 0.15) is 0 Å². The number of carbonyl (C=O) groups is 2. The van der Waals surface area contributed by atoms with E-state index in [0.717, 1.165) is 38.4 Å². The zero-order valence-electron chi connectivity index (χ0n) is 17.2. The van der Waals surface area contributed by atoms with Gasteiger partial charge in [0.25, 0.3) is 0 Å². The summed E-state index contributed by atoms with van der Waals surface area (Å²) in [6, 6.07) is 31.5. The fourth-order valence-electron chi connectivity index (χ4n) is 4.18. The van der Waals surface area contributed by atoms with Crippen LogP contribution in [0, 0.1) is 0 Å². The first-order chi connectivity index (χ1) is 15.5. The van der Waals surface area contributed by atoms with Gasteiger partial charge in [-0.05, 0) is 80.2 Å². The second kappa shape index (κ2) is 7.67. The van der Waals surface area contributed by atoms with Crippen LogP contribution >= 0.6 is 0 Å². The molecule has 0 aliphatic heterocycles. The van der Waals surface area contributed by atoms with Crippen molar-refractivity contribution in [1.29, 1.82) is 0 Å². The second-order valence-electron chi connectivity index (χ2n) is 7.79. The number of fused-ring (bicyclic) bond motifs is 2. The Bertz CT molecular complexity index is 1500. The van der Waals surface area contributed by atoms with Gasteiger partial charge in [-0.2, -0.15) is 0 Å². The number of nitrogens with two attached hydrogens (primary N) is 2. The second-order valence-corrected chi connectivity index (χ2v) is 7.79. The molecular formula is C28H20N2O2. The van der Waals surface area contributed by atoms with E-state index in [0.29, 0.717) is 11.1 Å². The van der Waals surface area contributed by atoms with E-state index in [1.807, 2.05) is 36.4 Å². The lowest BCUT2D eigenvalue weighted by Gasteiger charge is -2.16. The highest BCUT2D eigenvalue weighted by Crippen LogP contribution is 2.39. The van der Waals surface area contributed by atoms with Crippen molar-refractivity contribution in [1.82, 2.24) is 0 Å². The lowest BCUT2D eigenvalue weighted by molar-refractivity contribution is 0.0992. The molecule has 0 bridgehead atoms. The molecule has 0 saturated heterocycles. The van der Waals surface area contributed by atoms with Crippen LogP contribution in [0.5, 0.6) is 0 Å². The molecule has 32 heavy (non-hydrogen) atoms.